The smallest absolute Gasteiger partial charge is 0.125 e. The van der Waals surface area contributed by atoms with Gasteiger partial charge in [0.25, 0.3) is 0 Å². The second-order valence-electron chi connectivity index (χ2n) is 4.35. The molecule has 2 atom stereocenters. The van der Waals surface area contributed by atoms with Gasteiger partial charge in [-0.1, -0.05) is 15.9 Å². The van der Waals surface area contributed by atoms with Crippen molar-refractivity contribution in [2.45, 2.75) is 26.3 Å². The van der Waals surface area contributed by atoms with Gasteiger partial charge in [0.15, 0.2) is 0 Å². The summed E-state index contributed by atoms with van der Waals surface area (Å²) in [5.74, 6) is 1.49. The van der Waals surface area contributed by atoms with Crippen LogP contribution in [-0.4, -0.2) is 12.6 Å². The average Bonchev–Trinajstić information content (AvgIpc) is 2.16. The Balaban J connectivity index is 2.33. The third kappa shape index (κ3) is 2.18. The highest BCUT2D eigenvalue weighted by molar-refractivity contribution is 9.10. The lowest BCUT2D eigenvalue weighted by molar-refractivity contribution is 0.203. The molecule has 1 aromatic rings. The first-order chi connectivity index (χ1) is 7.08. The monoisotopic (exact) mass is 269 g/mol. The molecule has 1 aliphatic heterocycles. The van der Waals surface area contributed by atoms with Crippen molar-refractivity contribution in [1.82, 2.24) is 0 Å². The van der Waals surface area contributed by atoms with E-state index in [1.165, 1.54) is 11.1 Å². The van der Waals surface area contributed by atoms with E-state index in [1.54, 1.807) is 0 Å². The van der Waals surface area contributed by atoms with E-state index in [0.717, 1.165) is 23.2 Å². The first-order valence-corrected chi connectivity index (χ1v) is 6.04. The van der Waals surface area contributed by atoms with Crippen LogP contribution in [0, 0.1) is 12.8 Å². The highest BCUT2D eigenvalue weighted by atomic mass is 79.9. The molecule has 0 saturated carbocycles. The van der Waals surface area contributed by atoms with Crippen LogP contribution in [0.2, 0.25) is 0 Å². The molecule has 0 aromatic heterocycles. The van der Waals surface area contributed by atoms with Crippen LogP contribution in [0.15, 0.2) is 16.6 Å². The molecule has 0 spiro atoms. The van der Waals surface area contributed by atoms with Gasteiger partial charge in [0.05, 0.1) is 6.61 Å². The zero-order valence-corrected chi connectivity index (χ0v) is 10.7. The zero-order valence-electron chi connectivity index (χ0n) is 9.09. The molecule has 2 nitrogen and oxygen atoms in total. The molecule has 0 amide bonds. The third-order valence-corrected chi connectivity index (χ3v) is 3.44. The van der Waals surface area contributed by atoms with Crippen molar-refractivity contribution in [3.05, 3.63) is 27.7 Å². The molecule has 1 aliphatic rings. The van der Waals surface area contributed by atoms with Gasteiger partial charge in [-0.05, 0) is 43.5 Å². The second kappa shape index (κ2) is 4.14. The van der Waals surface area contributed by atoms with Gasteiger partial charge in [0.2, 0.25) is 0 Å². The molecule has 1 aromatic carbocycles. The fraction of sp³-hybridized carbons (Fsp3) is 0.500. The standard InChI is InChI=1S/C12H16BrNO/c1-7-3-11(13)5-9-4-10(8(2)14)6-15-12(7)9/h3,5,8,10H,4,6,14H2,1-2H3. The summed E-state index contributed by atoms with van der Waals surface area (Å²) in [6.45, 7) is 4.87. The molecule has 0 aliphatic carbocycles. The number of hydrogen-bond acceptors (Lipinski definition) is 2. The predicted octanol–water partition coefficient (Wildman–Crippen LogP) is 2.66. The summed E-state index contributed by atoms with van der Waals surface area (Å²) in [5, 5.41) is 0. The molecule has 0 bridgehead atoms. The summed E-state index contributed by atoms with van der Waals surface area (Å²) in [4.78, 5) is 0. The van der Waals surface area contributed by atoms with Crippen LogP contribution >= 0.6 is 15.9 Å². The third-order valence-electron chi connectivity index (χ3n) is 2.98. The van der Waals surface area contributed by atoms with Crippen molar-refractivity contribution < 1.29 is 4.74 Å². The maximum absolute atomic E-state index is 5.91. The Morgan fingerprint density at radius 3 is 2.93 bits per heavy atom. The minimum atomic E-state index is 0.192. The molecule has 0 fully saturated rings. The Labute approximate surface area is 98.9 Å². The van der Waals surface area contributed by atoms with Crippen LogP contribution in [0.4, 0.5) is 0 Å². The zero-order chi connectivity index (χ0) is 11.0. The quantitative estimate of drug-likeness (QED) is 0.851. The van der Waals surface area contributed by atoms with Crippen LogP contribution in [0.25, 0.3) is 0 Å². The largest absolute Gasteiger partial charge is 0.493 e. The van der Waals surface area contributed by atoms with Gasteiger partial charge in [0.1, 0.15) is 5.75 Å². The van der Waals surface area contributed by atoms with E-state index in [0.29, 0.717) is 5.92 Å². The van der Waals surface area contributed by atoms with Crippen molar-refractivity contribution in [3.8, 4) is 5.75 Å². The summed E-state index contributed by atoms with van der Waals surface area (Å²) < 4.78 is 6.90. The molecule has 3 heteroatoms. The molecule has 82 valence electrons. The fourth-order valence-electron chi connectivity index (χ4n) is 2.03. The first kappa shape index (κ1) is 11.0. The van der Waals surface area contributed by atoms with Crippen LogP contribution in [0.1, 0.15) is 18.1 Å². The number of rotatable bonds is 1. The van der Waals surface area contributed by atoms with E-state index in [-0.39, 0.29) is 6.04 Å². The highest BCUT2D eigenvalue weighted by Crippen LogP contribution is 2.34. The first-order valence-electron chi connectivity index (χ1n) is 5.25. The van der Waals surface area contributed by atoms with Crippen molar-refractivity contribution >= 4 is 15.9 Å². The number of ether oxygens (including phenoxy) is 1. The molecule has 1 heterocycles. The van der Waals surface area contributed by atoms with Gasteiger partial charge in [-0.3, -0.25) is 0 Å². The Kier molecular flexibility index (Phi) is 3.03. The van der Waals surface area contributed by atoms with E-state index in [2.05, 4.69) is 35.0 Å². The van der Waals surface area contributed by atoms with Gasteiger partial charge in [-0.15, -0.1) is 0 Å². The summed E-state index contributed by atoms with van der Waals surface area (Å²) in [7, 11) is 0. The normalized spacial score (nSPS) is 21.7. The lowest BCUT2D eigenvalue weighted by Gasteiger charge is -2.29. The van der Waals surface area contributed by atoms with Gasteiger partial charge in [-0.2, -0.15) is 0 Å². The Morgan fingerprint density at radius 2 is 2.27 bits per heavy atom. The molecule has 15 heavy (non-hydrogen) atoms. The van der Waals surface area contributed by atoms with Crippen LogP contribution in [-0.2, 0) is 6.42 Å². The molecule has 0 saturated heterocycles. The van der Waals surface area contributed by atoms with Gasteiger partial charge >= 0.3 is 0 Å². The predicted molar refractivity (Wildman–Crippen MR) is 65.2 cm³/mol. The minimum Gasteiger partial charge on any atom is -0.493 e. The highest BCUT2D eigenvalue weighted by Gasteiger charge is 2.24. The molecule has 0 radical (unpaired) electrons. The topological polar surface area (TPSA) is 35.2 Å². The van der Waals surface area contributed by atoms with Crippen molar-refractivity contribution in [1.29, 1.82) is 0 Å². The average molecular weight is 270 g/mol. The van der Waals surface area contributed by atoms with E-state index < -0.39 is 0 Å². The van der Waals surface area contributed by atoms with Crippen LogP contribution in [0.5, 0.6) is 5.75 Å². The maximum Gasteiger partial charge on any atom is 0.125 e. The van der Waals surface area contributed by atoms with Gasteiger partial charge in [-0.25, -0.2) is 0 Å². The molecule has 2 unspecified atom stereocenters. The Hall–Kier alpha value is -0.540. The van der Waals surface area contributed by atoms with Crippen LogP contribution < -0.4 is 10.5 Å². The second-order valence-corrected chi connectivity index (χ2v) is 5.26. The van der Waals surface area contributed by atoms with E-state index in [1.807, 2.05) is 6.92 Å². The fourth-order valence-corrected chi connectivity index (χ4v) is 2.65. The lowest BCUT2D eigenvalue weighted by atomic mass is 9.91. The number of benzene rings is 1. The lowest BCUT2D eigenvalue weighted by Crippen LogP contribution is -2.35. The number of nitrogens with two attached hydrogens (primary N) is 1. The van der Waals surface area contributed by atoms with Crippen molar-refractivity contribution in [2.75, 3.05) is 6.61 Å². The molecule has 2 N–H and O–H groups in total. The van der Waals surface area contributed by atoms with Crippen molar-refractivity contribution in [2.24, 2.45) is 11.7 Å². The Morgan fingerprint density at radius 1 is 1.53 bits per heavy atom. The van der Waals surface area contributed by atoms with E-state index >= 15 is 0 Å². The summed E-state index contributed by atoms with van der Waals surface area (Å²) >= 11 is 3.51. The number of hydrogen-bond donors (Lipinski definition) is 1. The summed E-state index contributed by atoms with van der Waals surface area (Å²) in [6.07, 6.45) is 1.02. The number of halogens is 1. The number of aryl methyl sites for hydroxylation is 1. The maximum atomic E-state index is 5.91. The Bertz CT molecular complexity index is 376. The van der Waals surface area contributed by atoms with E-state index in [9.17, 15) is 0 Å². The summed E-state index contributed by atoms with van der Waals surface area (Å²) in [5.41, 5.74) is 8.38. The van der Waals surface area contributed by atoms with E-state index in [4.69, 9.17) is 10.5 Å². The molecular weight excluding hydrogens is 254 g/mol. The number of fused-ring (bicyclic) bond motifs is 1. The minimum absolute atomic E-state index is 0.192. The van der Waals surface area contributed by atoms with Crippen LogP contribution in [0.3, 0.4) is 0 Å². The van der Waals surface area contributed by atoms with Crippen molar-refractivity contribution in [3.63, 3.8) is 0 Å². The summed E-state index contributed by atoms with van der Waals surface area (Å²) in [6, 6.07) is 4.42. The molecular formula is C12H16BrNO. The van der Waals surface area contributed by atoms with Gasteiger partial charge < -0.3 is 10.5 Å². The SMILES string of the molecule is Cc1cc(Br)cc2c1OCC(C(C)N)C2. The van der Waals surface area contributed by atoms with Gasteiger partial charge in [0, 0.05) is 16.4 Å². The molecule has 2 rings (SSSR count).